The lowest BCUT2D eigenvalue weighted by atomic mass is 9.97. The summed E-state index contributed by atoms with van der Waals surface area (Å²) in [5.41, 5.74) is 2.01. The maximum atomic E-state index is 14.0. The van der Waals surface area contributed by atoms with E-state index in [4.69, 9.17) is 0 Å². The fourth-order valence-electron chi connectivity index (χ4n) is 4.52. The zero-order valence-corrected chi connectivity index (χ0v) is 21.8. The van der Waals surface area contributed by atoms with Crippen LogP contribution in [0.5, 0.6) is 0 Å². The van der Waals surface area contributed by atoms with Gasteiger partial charge in [0.2, 0.25) is 11.9 Å². The molecule has 0 radical (unpaired) electrons. The highest BCUT2D eigenvalue weighted by Gasteiger charge is 2.27. The zero-order chi connectivity index (χ0) is 27.3. The molecule has 0 saturated carbocycles. The fraction of sp³-hybridized carbons (Fsp3) is 0.393. The van der Waals surface area contributed by atoms with E-state index in [9.17, 15) is 18.4 Å². The highest BCUT2D eigenvalue weighted by molar-refractivity contribution is 6.05. The van der Waals surface area contributed by atoms with Gasteiger partial charge >= 0.3 is 0 Å². The number of nitrogens with one attached hydrogen (secondary N) is 2. The summed E-state index contributed by atoms with van der Waals surface area (Å²) < 4.78 is 28.0. The molecule has 0 unspecified atom stereocenters. The fourth-order valence-corrected chi connectivity index (χ4v) is 4.52. The molecule has 3 heterocycles. The second kappa shape index (κ2) is 11.7. The molecule has 2 aromatic heterocycles. The van der Waals surface area contributed by atoms with Gasteiger partial charge in [0.05, 0.1) is 16.9 Å². The van der Waals surface area contributed by atoms with Crippen LogP contribution < -0.4 is 15.5 Å². The van der Waals surface area contributed by atoms with E-state index in [1.165, 1.54) is 13.0 Å². The first-order valence-corrected chi connectivity index (χ1v) is 12.7. The first-order valence-electron chi connectivity index (χ1n) is 12.7. The number of pyridine rings is 1. The predicted octanol–water partition coefficient (Wildman–Crippen LogP) is 4.21. The van der Waals surface area contributed by atoms with Crippen LogP contribution in [0.1, 0.15) is 50.6 Å². The van der Waals surface area contributed by atoms with Gasteiger partial charge in [0, 0.05) is 56.2 Å². The van der Waals surface area contributed by atoms with Crippen LogP contribution in [0.2, 0.25) is 0 Å². The second-order valence-corrected chi connectivity index (χ2v) is 9.75. The number of para-hydroxylation sites is 1. The molecule has 0 spiro atoms. The van der Waals surface area contributed by atoms with Gasteiger partial charge in [0.1, 0.15) is 0 Å². The number of fused-ring (bicyclic) bond motifs is 1. The Morgan fingerprint density at radius 2 is 1.87 bits per heavy atom. The minimum atomic E-state index is -2.95. The number of hydrogen-bond donors (Lipinski definition) is 2. The summed E-state index contributed by atoms with van der Waals surface area (Å²) in [7, 11) is 0. The first kappa shape index (κ1) is 27.3. The van der Waals surface area contributed by atoms with Gasteiger partial charge in [0.25, 0.3) is 11.8 Å². The number of alkyl halides is 2. The lowest BCUT2D eigenvalue weighted by Crippen LogP contribution is -2.38. The van der Waals surface area contributed by atoms with Crippen LogP contribution >= 0.6 is 0 Å². The number of amides is 2. The van der Waals surface area contributed by atoms with Crippen molar-refractivity contribution in [2.75, 3.05) is 24.5 Å². The topological polar surface area (TPSA) is 100 Å². The molecule has 2 N–H and O–H groups in total. The number of hydrogen-bond acceptors (Lipinski definition) is 7. The SMILES string of the molecule is CC(=O)NC(=O)/C(C)=C/c1ccnc(N2CCC(CNCc3ccc4cccc(C(C)(F)F)c4n3)CC2)n1. The zero-order valence-electron chi connectivity index (χ0n) is 21.8. The van der Waals surface area contributed by atoms with Crippen molar-refractivity contribution >= 4 is 34.7 Å². The van der Waals surface area contributed by atoms with Crippen molar-refractivity contribution in [1.82, 2.24) is 25.6 Å². The molecule has 2 amide bonds. The van der Waals surface area contributed by atoms with Crippen LogP contribution in [-0.2, 0) is 22.1 Å². The largest absolute Gasteiger partial charge is 0.341 e. The summed E-state index contributed by atoms with van der Waals surface area (Å²) in [5, 5.41) is 6.39. The number of halogens is 2. The van der Waals surface area contributed by atoms with E-state index >= 15 is 0 Å². The van der Waals surface area contributed by atoms with Crippen molar-refractivity contribution in [2.45, 2.75) is 46.1 Å². The van der Waals surface area contributed by atoms with E-state index in [-0.39, 0.29) is 5.56 Å². The van der Waals surface area contributed by atoms with E-state index in [0.29, 0.717) is 40.6 Å². The van der Waals surface area contributed by atoms with Crippen molar-refractivity contribution in [3.05, 3.63) is 65.1 Å². The Morgan fingerprint density at radius 3 is 2.58 bits per heavy atom. The van der Waals surface area contributed by atoms with Crippen LogP contribution in [-0.4, -0.2) is 46.4 Å². The summed E-state index contributed by atoms with van der Waals surface area (Å²) >= 11 is 0. The molecule has 10 heteroatoms. The van der Waals surface area contributed by atoms with E-state index in [1.54, 1.807) is 37.4 Å². The number of imide groups is 1. The van der Waals surface area contributed by atoms with E-state index < -0.39 is 17.7 Å². The normalized spacial score (nSPS) is 15.1. The van der Waals surface area contributed by atoms with Crippen molar-refractivity contribution in [2.24, 2.45) is 5.92 Å². The van der Waals surface area contributed by atoms with Gasteiger partial charge in [-0.2, -0.15) is 0 Å². The first-order chi connectivity index (χ1) is 18.1. The molecule has 1 fully saturated rings. The van der Waals surface area contributed by atoms with Crippen molar-refractivity contribution in [1.29, 1.82) is 0 Å². The van der Waals surface area contributed by atoms with Crippen LogP contribution in [0.15, 0.2) is 48.2 Å². The molecule has 4 rings (SSSR count). The standard InChI is InChI=1S/C28H32F2N6O2/c1-18(26(38)33-19(2)37)15-22-9-12-32-27(35-22)36-13-10-20(11-14-36)16-31-17-23-8-7-21-5-4-6-24(25(21)34-23)28(3,29)30/h4-9,12,15,20,31H,10-11,13-14,16-17H2,1-3H3,(H,33,37,38)/b18-15+. The molecule has 38 heavy (non-hydrogen) atoms. The van der Waals surface area contributed by atoms with Gasteiger partial charge in [-0.05, 0) is 50.4 Å². The highest BCUT2D eigenvalue weighted by atomic mass is 19.3. The minimum Gasteiger partial charge on any atom is -0.341 e. The summed E-state index contributed by atoms with van der Waals surface area (Å²) in [6.45, 7) is 6.72. The number of benzene rings is 1. The van der Waals surface area contributed by atoms with Crippen molar-refractivity contribution in [3.63, 3.8) is 0 Å². The second-order valence-electron chi connectivity index (χ2n) is 9.75. The lowest BCUT2D eigenvalue weighted by molar-refractivity contribution is -0.127. The van der Waals surface area contributed by atoms with E-state index in [2.05, 4.69) is 30.5 Å². The van der Waals surface area contributed by atoms with Crippen LogP contribution in [0.25, 0.3) is 17.0 Å². The van der Waals surface area contributed by atoms with Crippen LogP contribution in [0.3, 0.4) is 0 Å². The average Bonchev–Trinajstić information content (AvgIpc) is 2.88. The lowest BCUT2D eigenvalue weighted by Gasteiger charge is -2.32. The molecular formula is C28H32F2N6O2. The molecule has 8 nitrogen and oxygen atoms in total. The Bertz CT molecular complexity index is 1350. The summed E-state index contributed by atoms with van der Waals surface area (Å²) in [6, 6.07) is 10.3. The Labute approximate surface area is 220 Å². The molecule has 200 valence electrons. The van der Waals surface area contributed by atoms with Gasteiger partial charge < -0.3 is 10.2 Å². The maximum absolute atomic E-state index is 14.0. The van der Waals surface area contributed by atoms with Gasteiger partial charge in [-0.1, -0.05) is 24.3 Å². The number of anilines is 1. The molecule has 1 saturated heterocycles. The Kier molecular flexibility index (Phi) is 8.41. The van der Waals surface area contributed by atoms with Crippen molar-refractivity contribution < 1.29 is 18.4 Å². The monoisotopic (exact) mass is 522 g/mol. The molecule has 1 aliphatic heterocycles. The summed E-state index contributed by atoms with van der Waals surface area (Å²) in [6.07, 6.45) is 5.20. The molecule has 0 aliphatic carbocycles. The summed E-state index contributed by atoms with van der Waals surface area (Å²) in [4.78, 5) is 38.7. The predicted molar refractivity (Wildman–Crippen MR) is 142 cm³/mol. The summed E-state index contributed by atoms with van der Waals surface area (Å²) in [5.74, 6) is -2.74. The minimum absolute atomic E-state index is 0.0551. The quantitative estimate of drug-likeness (QED) is 0.428. The average molecular weight is 523 g/mol. The Morgan fingerprint density at radius 1 is 1.11 bits per heavy atom. The Hall–Kier alpha value is -3.79. The number of carbonyl (C=O) groups excluding carboxylic acids is 2. The third-order valence-electron chi connectivity index (χ3n) is 6.56. The van der Waals surface area contributed by atoms with Gasteiger partial charge in [-0.15, -0.1) is 0 Å². The molecule has 1 aromatic carbocycles. The number of aromatic nitrogens is 3. The highest BCUT2D eigenvalue weighted by Crippen LogP contribution is 2.32. The van der Waals surface area contributed by atoms with Gasteiger partial charge in [0.15, 0.2) is 0 Å². The number of nitrogens with zero attached hydrogens (tertiary/aromatic N) is 4. The van der Waals surface area contributed by atoms with Gasteiger partial charge in [-0.25, -0.2) is 18.7 Å². The molecule has 0 bridgehead atoms. The smallest absolute Gasteiger partial charge is 0.272 e. The molecule has 1 aliphatic rings. The van der Waals surface area contributed by atoms with E-state index in [0.717, 1.165) is 45.1 Å². The van der Waals surface area contributed by atoms with Gasteiger partial charge in [-0.3, -0.25) is 19.9 Å². The number of rotatable bonds is 8. The maximum Gasteiger partial charge on any atom is 0.272 e. The third-order valence-corrected chi connectivity index (χ3v) is 6.56. The molecule has 0 atom stereocenters. The molecular weight excluding hydrogens is 490 g/mol. The number of carbonyl (C=O) groups is 2. The molecule has 3 aromatic rings. The number of piperidine rings is 1. The Balaban J connectivity index is 1.30. The van der Waals surface area contributed by atoms with Crippen LogP contribution in [0.4, 0.5) is 14.7 Å². The third kappa shape index (κ3) is 6.95. The van der Waals surface area contributed by atoms with Crippen molar-refractivity contribution in [3.8, 4) is 0 Å². The van der Waals surface area contributed by atoms with E-state index in [1.807, 2.05) is 12.1 Å². The van der Waals surface area contributed by atoms with Crippen LogP contribution in [0, 0.1) is 5.92 Å².